The molecule has 1 aliphatic heterocycles. The zero-order valence-electron chi connectivity index (χ0n) is 15.8. The zero-order chi connectivity index (χ0) is 22.1. The molecule has 1 atom stereocenters. The third kappa shape index (κ3) is 5.39. The van der Waals surface area contributed by atoms with Crippen LogP contribution in [0, 0.1) is 5.92 Å². The average Bonchev–Trinajstić information content (AvgIpc) is 3.28. The Morgan fingerprint density at radius 2 is 2.13 bits per heavy atom. The molecule has 3 rings (SSSR count). The van der Waals surface area contributed by atoms with Crippen molar-refractivity contribution in [3.05, 3.63) is 46.2 Å². The van der Waals surface area contributed by atoms with Crippen LogP contribution in [-0.2, 0) is 12.7 Å². The van der Waals surface area contributed by atoms with Gasteiger partial charge < -0.3 is 10.6 Å². The molecule has 12 heteroatoms. The maximum absolute atomic E-state index is 12.9. The average molecular weight is 467 g/mol. The zero-order valence-corrected chi connectivity index (χ0v) is 17.4. The monoisotopic (exact) mass is 466 g/mol. The Morgan fingerprint density at radius 1 is 1.40 bits per heavy atom. The van der Waals surface area contributed by atoms with Gasteiger partial charge in [-0.15, -0.1) is 0 Å². The number of halogens is 4. The van der Waals surface area contributed by atoms with E-state index in [0.29, 0.717) is 35.9 Å². The molecule has 1 aromatic heterocycles. The SMILES string of the molecule is Nc1cccc(CN(CCC2CCS(O)(O)C2)C(=O)c2cc(C(F)(F)F)[nH]n2)c1Cl. The Balaban J connectivity index is 1.80. The largest absolute Gasteiger partial charge is 0.432 e. The Bertz CT molecular complexity index is 922. The smallest absolute Gasteiger partial charge is 0.398 e. The number of hydrogen-bond acceptors (Lipinski definition) is 5. The van der Waals surface area contributed by atoms with Crippen molar-refractivity contribution >= 4 is 33.8 Å². The van der Waals surface area contributed by atoms with E-state index >= 15 is 0 Å². The molecule has 0 bridgehead atoms. The lowest BCUT2D eigenvalue weighted by atomic mass is 10.0. The number of amides is 1. The van der Waals surface area contributed by atoms with E-state index in [1.165, 1.54) is 4.90 Å². The molecule has 1 saturated heterocycles. The lowest BCUT2D eigenvalue weighted by Crippen LogP contribution is -2.33. The Kier molecular flexibility index (Phi) is 6.56. The number of carbonyl (C=O) groups excluding carboxylic acids is 1. The number of alkyl halides is 3. The third-order valence-electron chi connectivity index (χ3n) is 5.02. The molecule has 0 aliphatic carbocycles. The molecule has 30 heavy (non-hydrogen) atoms. The summed E-state index contributed by atoms with van der Waals surface area (Å²) < 4.78 is 58.2. The number of nitrogens with zero attached hydrogens (tertiary/aromatic N) is 2. The summed E-state index contributed by atoms with van der Waals surface area (Å²) in [5.74, 6) is -0.105. The van der Waals surface area contributed by atoms with Crippen molar-refractivity contribution in [1.82, 2.24) is 15.1 Å². The van der Waals surface area contributed by atoms with Crippen LogP contribution in [0.4, 0.5) is 18.9 Å². The first-order valence-electron chi connectivity index (χ1n) is 9.14. The van der Waals surface area contributed by atoms with E-state index in [2.05, 4.69) is 5.10 Å². The Morgan fingerprint density at radius 3 is 2.73 bits per heavy atom. The number of hydrogen-bond donors (Lipinski definition) is 4. The molecule has 166 valence electrons. The van der Waals surface area contributed by atoms with Gasteiger partial charge in [-0.2, -0.15) is 28.9 Å². The number of anilines is 1. The van der Waals surface area contributed by atoms with Crippen LogP contribution < -0.4 is 5.73 Å². The van der Waals surface area contributed by atoms with Gasteiger partial charge in [-0.25, -0.2) is 0 Å². The predicted molar refractivity (Wildman–Crippen MR) is 110 cm³/mol. The highest BCUT2D eigenvalue weighted by Crippen LogP contribution is 2.49. The van der Waals surface area contributed by atoms with Crippen molar-refractivity contribution < 1.29 is 27.1 Å². The van der Waals surface area contributed by atoms with E-state index in [0.717, 1.165) is 0 Å². The highest BCUT2D eigenvalue weighted by atomic mass is 35.5. The van der Waals surface area contributed by atoms with Crippen LogP contribution in [0.15, 0.2) is 24.3 Å². The van der Waals surface area contributed by atoms with Gasteiger partial charge in [0.15, 0.2) is 5.69 Å². The molecule has 0 saturated carbocycles. The molecule has 1 unspecified atom stereocenters. The Labute approximate surface area is 177 Å². The van der Waals surface area contributed by atoms with Gasteiger partial charge in [0.25, 0.3) is 5.91 Å². The van der Waals surface area contributed by atoms with E-state index in [-0.39, 0.29) is 35.5 Å². The lowest BCUT2D eigenvalue weighted by molar-refractivity contribution is -0.141. The predicted octanol–water partition coefficient (Wildman–Crippen LogP) is 4.47. The fourth-order valence-corrected chi connectivity index (χ4v) is 5.54. The number of nitrogens with two attached hydrogens (primary N) is 1. The van der Waals surface area contributed by atoms with E-state index in [1.807, 2.05) is 5.10 Å². The fourth-order valence-electron chi connectivity index (χ4n) is 3.38. The lowest BCUT2D eigenvalue weighted by Gasteiger charge is -2.27. The van der Waals surface area contributed by atoms with Crippen LogP contribution in [0.3, 0.4) is 0 Å². The number of aromatic nitrogens is 2. The number of nitrogens with one attached hydrogen (secondary N) is 1. The van der Waals surface area contributed by atoms with Crippen LogP contribution >= 0.6 is 22.2 Å². The number of rotatable bonds is 6. The maximum atomic E-state index is 12.9. The Hall–Kier alpha value is -1.95. The van der Waals surface area contributed by atoms with Gasteiger partial charge in [-0.1, -0.05) is 23.7 Å². The number of aromatic amines is 1. The molecule has 1 aromatic carbocycles. The van der Waals surface area contributed by atoms with E-state index in [1.54, 1.807) is 18.2 Å². The second kappa shape index (κ2) is 8.66. The summed E-state index contributed by atoms with van der Waals surface area (Å²) in [6.07, 6.45) is -3.56. The standard InChI is InChI=1S/C18H22ClF3N4O3S/c19-16-12(2-1-3-13(16)23)9-26(6-4-11-5-7-30(28,29)10-11)17(27)14-8-15(25-24-14)18(20,21)22/h1-3,8,11,28-29H,4-7,9-10,23H2,(H,24,25). The molecule has 2 aromatic rings. The summed E-state index contributed by atoms with van der Waals surface area (Å²) in [5.41, 5.74) is 5.20. The minimum Gasteiger partial charge on any atom is -0.398 e. The first kappa shape index (κ1) is 22.7. The van der Waals surface area contributed by atoms with Crippen molar-refractivity contribution in [1.29, 1.82) is 0 Å². The van der Waals surface area contributed by atoms with Gasteiger partial charge in [-0.05, 0) is 30.4 Å². The molecular formula is C18H22ClF3N4O3S. The molecule has 1 fully saturated rings. The van der Waals surface area contributed by atoms with Crippen molar-refractivity contribution in [2.75, 3.05) is 23.8 Å². The quantitative estimate of drug-likeness (QED) is 0.469. The molecular weight excluding hydrogens is 445 g/mol. The highest BCUT2D eigenvalue weighted by Gasteiger charge is 2.35. The van der Waals surface area contributed by atoms with Gasteiger partial charge in [0.05, 0.1) is 10.7 Å². The third-order valence-corrected chi connectivity index (χ3v) is 7.38. The van der Waals surface area contributed by atoms with Crippen LogP contribution in [0.5, 0.6) is 0 Å². The van der Waals surface area contributed by atoms with Gasteiger partial charge in [0.2, 0.25) is 0 Å². The second-order valence-electron chi connectivity index (χ2n) is 7.33. The van der Waals surface area contributed by atoms with Crippen molar-refractivity contribution in [3.63, 3.8) is 0 Å². The van der Waals surface area contributed by atoms with Crippen molar-refractivity contribution in [2.45, 2.75) is 25.6 Å². The van der Waals surface area contributed by atoms with Crippen molar-refractivity contribution in [2.24, 2.45) is 5.92 Å². The summed E-state index contributed by atoms with van der Waals surface area (Å²) in [6.45, 7) is 0.220. The summed E-state index contributed by atoms with van der Waals surface area (Å²) in [4.78, 5) is 14.3. The molecule has 5 N–H and O–H groups in total. The van der Waals surface area contributed by atoms with Crippen LogP contribution in [0.1, 0.15) is 34.6 Å². The van der Waals surface area contributed by atoms with Crippen molar-refractivity contribution in [3.8, 4) is 0 Å². The molecule has 1 amide bonds. The molecule has 1 aliphatic rings. The second-order valence-corrected chi connectivity index (χ2v) is 10.1. The number of nitrogen functional groups attached to an aromatic ring is 1. The highest BCUT2D eigenvalue weighted by molar-refractivity contribution is 8.24. The van der Waals surface area contributed by atoms with Gasteiger partial charge >= 0.3 is 6.18 Å². The molecule has 0 radical (unpaired) electrons. The molecule has 7 nitrogen and oxygen atoms in total. The summed E-state index contributed by atoms with van der Waals surface area (Å²) >= 11 is 6.22. The van der Waals surface area contributed by atoms with Gasteiger partial charge in [0.1, 0.15) is 5.69 Å². The molecule has 2 heterocycles. The van der Waals surface area contributed by atoms with E-state index in [4.69, 9.17) is 17.3 Å². The van der Waals surface area contributed by atoms with Gasteiger partial charge in [-0.3, -0.25) is 19.0 Å². The van der Waals surface area contributed by atoms with Crippen LogP contribution in [0.25, 0.3) is 0 Å². The minimum absolute atomic E-state index is 0.00605. The number of carbonyl (C=O) groups is 1. The first-order chi connectivity index (χ1) is 14.0. The van der Waals surface area contributed by atoms with E-state index < -0.39 is 28.4 Å². The molecule has 0 spiro atoms. The topological polar surface area (TPSA) is 115 Å². The summed E-state index contributed by atoms with van der Waals surface area (Å²) in [5, 5.41) is 5.63. The summed E-state index contributed by atoms with van der Waals surface area (Å²) in [7, 11) is -2.58. The minimum atomic E-state index is -4.65. The van der Waals surface area contributed by atoms with E-state index in [9.17, 15) is 27.1 Å². The maximum Gasteiger partial charge on any atom is 0.432 e. The summed E-state index contributed by atoms with van der Waals surface area (Å²) in [6, 6.07) is 5.62. The van der Waals surface area contributed by atoms with Gasteiger partial charge in [0, 0.05) is 30.7 Å². The van der Waals surface area contributed by atoms with Crippen LogP contribution in [0.2, 0.25) is 5.02 Å². The number of benzene rings is 1. The van der Waals surface area contributed by atoms with Crippen LogP contribution in [-0.4, -0.2) is 48.2 Å². The number of H-pyrrole nitrogens is 1. The first-order valence-corrected chi connectivity index (χ1v) is 11.4. The normalized spacial score (nSPS) is 19.6. The fraction of sp³-hybridized carbons (Fsp3) is 0.444.